The van der Waals surface area contributed by atoms with Crippen LogP contribution in [0.4, 0.5) is 0 Å². The van der Waals surface area contributed by atoms with E-state index in [-0.39, 0.29) is 12.3 Å². The third kappa shape index (κ3) is 3.92. The van der Waals surface area contributed by atoms with E-state index in [4.69, 9.17) is 4.52 Å². The van der Waals surface area contributed by atoms with Crippen LogP contribution in [0, 0.1) is 13.8 Å². The van der Waals surface area contributed by atoms with Crippen molar-refractivity contribution in [2.75, 3.05) is 12.8 Å². The lowest BCUT2D eigenvalue weighted by Crippen LogP contribution is -2.30. The van der Waals surface area contributed by atoms with E-state index < -0.39 is 10.0 Å². The van der Waals surface area contributed by atoms with Gasteiger partial charge in [-0.15, -0.1) is 0 Å². The van der Waals surface area contributed by atoms with Crippen molar-refractivity contribution < 1.29 is 12.9 Å². The van der Waals surface area contributed by atoms with Crippen LogP contribution in [0.5, 0.6) is 0 Å². The summed E-state index contributed by atoms with van der Waals surface area (Å²) in [7, 11) is -1.71. The van der Waals surface area contributed by atoms with Crippen molar-refractivity contribution in [1.82, 2.24) is 9.46 Å². The van der Waals surface area contributed by atoms with Gasteiger partial charge >= 0.3 is 0 Å². The Labute approximate surface area is 125 Å². The second kappa shape index (κ2) is 6.41. The van der Waals surface area contributed by atoms with E-state index in [0.717, 1.165) is 16.8 Å². The quantitative estimate of drug-likeness (QED) is 0.821. The van der Waals surface area contributed by atoms with Crippen LogP contribution in [0.3, 0.4) is 0 Å². The standard InChI is InChI=1S/C15H20N2O3S/c1-12-15(13(2)20-16-12)11-17(3)21(18,19)10-9-14-7-5-4-6-8-14/h4-8H,9-11H2,1-3H3. The molecule has 0 aliphatic rings. The number of hydrogen-bond acceptors (Lipinski definition) is 4. The molecule has 6 heteroatoms. The molecule has 21 heavy (non-hydrogen) atoms. The van der Waals surface area contributed by atoms with Gasteiger partial charge in [0.25, 0.3) is 0 Å². The number of aryl methyl sites for hydroxylation is 3. The molecule has 0 saturated carbocycles. The number of aromatic nitrogens is 1. The summed E-state index contributed by atoms with van der Waals surface area (Å²) >= 11 is 0. The molecule has 0 saturated heterocycles. The zero-order valence-electron chi connectivity index (χ0n) is 12.5. The third-order valence-electron chi connectivity index (χ3n) is 3.53. The second-order valence-corrected chi connectivity index (χ2v) is 7.31. The predicted molar refractivity (Wildman–Crippen MR) is 81.4 cm³/mol. The second-order valence-electron chi connectivity index (χ2n) is 5.11. The molecule has 2 rings (SSSR count). The smallest absolute Gasteiger partial charge is 0.214 e. The Kier molecular flexibility index (Phi) is 4.80. The van der Waals surface area contributed by atoms with Gasteiger partial charge in [0.1, 0.15) is 5.76 Å². The Hall–Kier alpha value is -1.66. The van der Waals surface area contributed by atoms with Gasteiger partial charge < -0.3 is 4.52 Å². The maximum Gasteiger partial charge on any atom is 0.214 e. The molecular formula is C15H20N2O3S. The Morgan fingerprint density at radius 1 is 1.19 bits per heavy atom. The van der Waals surface area contributed by atoms with Crippen molar-refractivity contribution in [2.45, 2.75) is 26.8 Å². The van der Waals surface area contributed by atoms with Crippen LogP contribution >= 0.6 is 0 Å². The Bertz CT molecular complexity index is 673. The van der Waals surface area contributed by atoms with E-state index in [1.54, 1.807) is 14.0 Å². The van der Waals surface area contributed by atoms with Crippen molar-refractivity contribution in [3.05, 3.63) is 52.9 Å². The van der Waals surface area contributed by atoms with Crippen molar-refractivity contribution in [1.29, 1.82) is 0 Å². The van der Waals surface area contributed by atoms with Crippen molar-refractivity contribution in [2.24, 2.45) is 0 Å². The molecule has 0 N–H and O–H groups in total. The lowest BCUT2D eigenvalue weighted by molar-refractivity contribution is 0.390. The number of hydrogen-bond donors (Lipinski definition) is 0. The fourth-order valence-electron chi connectivity index (χ4n) is 2.10. The van der Waals surface area contributed by atoms with E-state index in [2.05, 4.69) is 5.16 Å². The monoisotopic (exact) mass is 308 g/mol. The first-order chi connectivity index (χ1) is 9.90. The van der Waals surface area contributed by atoms with Crippen LogP contribution in [0.15, 0.2) is 34.9 Å². The van der Waals surface area contributed by atoms with Gasteiger partial charge in [0, 0.05) is 19.2 Å². The molecule has 0 aliphatic heterocycles. The molecule has 1 aromatic carbocycles. The minimum atomic E-state index is -3.30. The zero-order valence-corrected chi connectivity index (χ0v) is 13.4. The highest BCUT2D eigenvalue weighted by Crippen LogP contribution is 2.16. The van der Waals surface area contributed by atoms with Crippen molar-refractivity contribution >= 4 is 10.0 Å². The Morgan fingerprint density at radius 2 is 1.86 bits per heavy atom. The molecule has 0 radical (unpaired) electrons. The number of benzene rings is 1. The molecule has 1 heterocycles. The molecule has 0 spiro atoms. The molecule has 0 bridgehead atoms. The highest BCUT2D eigenvalue weighted by molar-refractivity contribution is 7.89. The van der Waals surface area contributed by atoms with Crippen LogP contribution in [0.25, 0.3) is 0 Å². The van der Waals surface area contributed by atoms with Crippen molar-refractivity contribution in [3.8, 4) is 0 Å². The summed E-state index contributed by atoms with van der Waals surface area (Å²) in [5, 5.41) is 3.85. The lowest BCUT2D eigenvalue weighted by atomic mass is 10.2. The summed E-state index contributed by atoms with van der Waals surface area (Å²) in [5.41, 5.74) is 2.59. The molecule has 114 valence electrons. The van der Waals surface area contributed by atoms with E-state index >= 15 is 0 Å². The first-order valence-corrected chi connectivity index (χ1v) is 8.41. The summed E-state index contributed by atoms with van der Waals surface area (Å²) in [4.78, 5) is 0. The van der Waals surface area contributed by atoms with E-state index in [0.29, 0.717) is 12.2 Å². The molecule has 0 aliphatic carbocycles. The van der Waals surface area contributed by atoms with Crippen LogP contribution in [-0.4, -0.2) is 30.7 Å². The van der Waals surface area contributed by atoms with Gasteiger partial charge in [0.05, 0.1) is 11.4 Å². The van der Waals surface area contributed by atoms with Gasteiger partial charge in [0.2, 0.25) is 10.0 Å². The first kappa shape index (κ1) is 15.7. The van der Waals surface area contributed by atoms with Crippen LogP contribution < -0.4 is 0 Å². The van der Waals surface area contributed by atoms with E-state index in [1.807, 2.05) is 37.3 Å². The highest BCUT2D eigenvalue weighted by Gasteiger charge is 2.21. The maximum absolute atomic E-state index is 12.3. The summed E-state index contributed by atoms with van der Waals surface area (Å²) in [5.74, 6) is 0.759. The predicted octanol–water partition coefficient (Wildman–Crippen LogP) is 2.30. The minimum Gasteiger partial charge on any atom is -0.361 e. The van der Waals surface area contributed by atoms with Gasteiger partial charge in [-0.1, -0.05) is 35.5 Å². The zero-order chi connectivity index (χ0) is 15.5. The lowest BCUT2D eigenvalue weighted by Gasteiger charge is -2.17. The Morgan fingerprint density at radius 3 is 2.43 bits per heavy atom. The molecule has 0 fully saturated rings. The Balaban J connectivity index is 2.02. The number of rotatable bonds is 6. The molecule has 0 amide bonds. The highest BCUT2D eigenvalue weighted by atomic mass is 32.2. The molecule has 2 aromatic rings. The van der Waals surface area contributed by atoms with Crippen LogP contribution in [0.2, 0.25) is 0 Å². The fraction of sp³-hybridized carbons (Fsp3) is 0.400. The summed E-state index contributed by atoms with van der Waals surface area (Å²) in [6.07, 6.45) is 0.509. The minimum absolute atomic E-state index is 0.0941. The van der Waals surface area contributed by atoms with Gasteiger partial charge in [-0.05, 0) is 25.8 Å². The van der Waals surface area contributed by atoms with Crippen LogP contribution in [-0.2, 0) is 23.0 Å². The fourth-order valence-corrected chi connectivity index (χ4v) is 3.23. The van der Waals surface area contributed by atoms with E-state index in [1.165, 1.54) is 4.31 Å². The normalized spacial score (nSPS) is 12.0. The SMILES string of the molecule is Cc1noc(C)c1CN(C)S(=O)(=O)CCc1ccccc1. The third-order valence-corrected chi connectivity index (χ3v) is 5.33. The average Bonchev–Trinajstić information content (AvgIpc) is 2.78. The van der Waals surface area contributed by atoms with Crippen LogP contribution in [0.1, 0.15) is 22.6 Å². The molecule has 0 unspecified atom stereocenters. The molecule has 0 atom stereocenters. The van der Waals surface area contributed by atoms with Crippen molar-refractivity contribution in [3.63, 3.8) is 0 Å². The average molecular weight is 308 g/mol. The topological polar surface area (TPSA) is 63.4 Å². The van der Waals surface area contributed by atoms with Gasteiger partial charge in [-0.25, -0.2) is 12.7 Å². The molecule has 5 nitrogen and oxygen atoms in total. The van der Waals surface area contributed by atoms with Gasteiger partial charge in [-0.2, -0.15) is 0 Å². The summed E-state index contributed by atoms with van der Waals surface area (Å²) in [6.45, 7) is 3.90. The van der Waals surface area contributed by atoms with E-state index in [9.17, 15) is 8.42 Å². The van der Waals surface area contributed by atoms with Gasteiger partial charge in [-0.3, -0.25) is 0 Å². The summed E-state index contributed by atoms with van der Waals surface area (Å²) in [6, 6.07) is 9.61. The molecule has 1 aromatic heterocycles. The number of nitrogens with zero attached hydrogens (tertiary/aromatic N) is 2. The van der Waals surface area contributed by atoms with Gasteiger partial charge in [0.15, 0.2) is 0 Å². The maximum atomic E-state index is 12.3. The first-order valence-electron chi connectivity index (χ1n) is 6.80. The summed E-state index contributed by atoms with van der Waals surface area (Å²) < 4.78 is 31.1. The largest absolute Gasteiger partial charge is 0.361 e. The molecular weight excluding hydrogens is 288 g/mol. The number of sulfonamides is 1.